The molecule has 0 aromatic heterocycles. The number of halogens is 1. The number of hydrogen-bond acceptors (Lipinski definition) is 3. The third kappa shape index (κ3) is 2.74. The van der Waals surface area contributed by atoms with Gasteiger partial charge in [-0.25, -0.2) is 0 Å². The van der Waals surface area contributed by atoms with Crippen molar-refractivity contribution in [2.24, 2.45) is 0 Å². The van der Waals surface area contributed by atoms with Gasteiger partial charge in [-0.2, -0.15) is 0 Å². The lowest BCUT2D eigenvalue weighted by Gasteiger charge is -2.15. The van der Waals surface area contributed by atoms with E-state index >= 15 is 0 Å². The summed E-state index contributed by atoms with van der Waals surface area (Å²) in [6.07, 6.45) is 0. The number of aliphatic hydroxyl groups excluding tert-OH is 1. The van der Waals surface area contributed by atoms with Crippen molar-refractivity contribution in [1.82, 2.24) is 0 Å². The van der Waals surface area contributed by atoms with Crippen LogP contribution in [0, 0.1) is 0 Å². The molecule has 4 heteroatoms. The smallest absolute Gasteiger partial charge is 0.152 e. The summed E-state index contributed by atoms with van der Waals surface area (Å²) in [4.78, 5) is 11.3. The number of carbonyl (C=O) groups is 1. The Hall–Kier alpha value is -1.06. The minimum absolute atomic E-state index is 0.134. The molecule has 0 aliphatic heterocycles. The summed E-state index contributed by atoms with van der Waals surface area (Å²) in [7, 11) is 0. The fraction of sp³-hybridized carbons (Fsp3) is 0.417. The molecule has 1 aromatic rings. The van der Waals surface area contributed by atoms with E-state index in [2.05, 4.69) is 0 Å². The van der Waals surface area contributed by atoms with Crippen molar-refractivity contribution in [1.29, 1.82) is 0 Å². The molecule has 16 heavy (non-hydrogen) atoms. The van der Waals surface area contributed by atoms with E-state index in [-0.39, 0.29) is 12.4 Å². The highest BCUT2D eigenvalue weighted by atomic mass is 35.5. The Balaban J connectivity index is 3.20. The van der Waals surface area contributed by atoms with Gasteiger partial charge in [0.25, 0.3) is 0 Å². The Morgan fingerprint density at radius 3 is 2.75 bits per heavy atom. The maximum Gasteiger partial charge on any atom is 0.152 e. The number of aliphatic hydroxyl groups is 1. The van der Waals surface area contributed by atoms with E-state index < -0.39 is 5.38 Å². The second-order valence-corrected chi connectivity index (χ2v) is 3.84. The number of ether oxygens (including phenoxy) is 1. The van der Waals surface area contributed by atoms with Gasteiger partial charge < -0.3 is 9.84 Å². The Kier molecular flexibility index (Phi) is 4.77. The largest absolute Gasteiger partial charge is 0.493 e. The van der Waals surface area contributed by atoms with E-state index in [4.69, 9.17) is 16.3 Å². The maximum atomic E-state index is 11.3. The number of ketones is 1. The van der Waals surface area contributed by atoms with Crippen LogP contribution < -0.4 is 4.74 Å². The second-order valence-electron chi connectivity index (χ2n) is 3.40. The number of para-hydroxylation sites is 1. The number of benzene rings is 1. The minimum atomic E-state index is -0.729. The van der Waals surface area contributed by atoms with Gasteiger partial charge in [0.1, 0.15) is 11.1 Å². The Labute approximate surface area is 100.0 Å². The molecule has 0 amide bonds. The highest BCUT2D eigenvalue weighted by Gasteiger charge is 2.19. The molecule has 0 aliphatic carbocycles. The number of rotatable bonds is 5. The quantitative estimate of drug-likeness (QED) is 0.807. The van der Waals surface area contributed by atoms with Crippen LogP contribution in [0.25, 0.3) is 0 Å². The topological polar surface area (TPSA) is 46.5 Å². The normalized spacial score (nSPS) is 12.2. The molecule has 0 saturated heterocycles. The van der Waals surface area contributed by atoms with Crippen molar-refractivity contribution in [3.05, 3.63) is 29.3 Å². The fourth-order valence-electron chi connectivity index (χ4n) is 1.47. The van der Waals surface area contributed by atoms with Gasteiger partial charge in [-0.1, -0.05) is 18.2 Å². The SMILES string of the molecule is CCOc1c(CO)cccc1C(Cl)C(C)=O. The average Bonchev–Trinajstić information content (AvgIpc) is 2.28. The van der Waals surface area contributed by atoms with Gasteiger partial charge in [-0.15, -0.1) is 11.6 Å². The summed E-state index contributed by atoms with van der Waals surface area (Å²) in [5.41, 5.74) is 1.26. The molecule has 0 fully saturated rings. The first-order valence-electron chi connectivity index (χ1n) is 5.11. The van der Waals surface area contributed by atoms with Gasteiger partial charge in [0, 0.05) is 11.1 Å². The van der Waals surface area contributed by atoms with Crippen molar-refractivity contribution in [3.8, 4) is 5.75 Å². The third-order valence-electron chi connectivity index (χ3n) is 2.22. The van der Waals surface area contributed by atoms with Crippen molar-refractivity contribution >= 4 is 17.4 Å². The monoisotopic (exact) mass is 242 g/mol. The zero-order chi connectivity index (χ0) is 12.1. The molecule has 0 bridgehead atoms. The third-order valence-corrected chi connectivity index (χ3v) is 2.76. The Morgan fingerprint density at radius 2 is 2.25 bits per heavy atom. The predicted molar refractivity (Wildman–Crippen MR) is 62.8 cm³/mol. The van der Waals surface area contributed by atoms with Crippen LogP contribution in [0.2, 0.25) is 0 Å². The van der Waals surface area contributed by atoms with E-state index in [0.29, 0.717) is 23.5 Å². The number of hydrogen-bond donors (Lipinski definition) is 1. The molecule has 0 saturated carbocycles. The Morgan fingerprint density at radius 1 is 1.56 bits per heavy atom. The lowest BCUT2D eigenvalue weighted by molar-refractivity contribution is -0.116. The van der Waals surface area contributed by atoms with E-state index in [1.165, 1.54) is 6.92 Å². The van der Waals surface area contributed by atoms with E-state index in [0.717, 1.165) is 0 Å². The standard InChI is InChI=1S/C12H15ClO3/c1-3-16-12-9(7-14)5-4-6-10(12)11(13)8(2)15/h4-6,11,14H,3,7H2,1-2H3. The summed E-state index contributed by atoms with van der Waals surface area (Å²) < 4.78 is 5.43. The van der Waals surface area contributed by atoms with Crippen LogP contribution in [0.5, 0.6) is 5.75 Å². The number of alkyl halides is 1. The summed E-state index contributed by atoms with van der Waals surface area (Å²) in [5, 5.41) is 8.45. The first-order valence-corrected chi connectivity index (χ1v) is 5.55. The average molecular weight is 243 g/mol. The lowest BCUT2D eigenvalue weighted by Crippen LogP contribution is -2.07. The van der Waals surface area contributed by atoms with Crippen molar-refractivity contribution in [2.75, 3.05) is 6.61 Å². The van der Waals surface area contributed by atoms with Gasteiger partial charge in [0.2, 0.25) is 0 Å². The van der Waals surface area contributed by atoms with Gasteiger partial charge in [0.05, 0.1) is 13.2 Å². The molecule has 1 rings (SSSR count). The van der Waals surface area contributed by atoms with Crippen LogP contribution >= 0.6 is 11.6 Å². The van der Waals surface area contributed by atoms with Gasteiger partial charge in [0.15, 0.2) is 5.78 Å². The number of Topliss-reactive ketones (excluding diaryl/α,β-unsaturated/α-hetero) is 1. The predicted octanol–water partition coefficient (Wildman–Crippen LogP) is 2.45. The first kappa shape index (κ1) is 13.0. The lowest BCUT2D eigenvalue weighted by atomic mass is 10.0. The van der Waals surface area contributed by atoms with Crippen LogP contribution in [-0.4, -0.2) is 17.5 Å². The molecule has 0 aliphatic rings. The van der Waals surface area contributed by atoms with Crippen molar-refractivity contribution < 1.29 is 14.6 Å². The molecule has 1 atom stereocenters. The van der Waals surface area contributed by atoms with Crippen LogP contribution in [-0.2, 0) is 11.4 Å². The van der Waals surface area contributed by atoms with Crippen LogP contribution in [0.15, 0.2) is 18.2 Å². The molecule has 0 spiro atoms. The molecule has 1 N–H and O–H groups in total. The molecular weight excluding hydrogens is 228 g/mol. The zero-order valence-electron chi connectivity index (χ0n) is 9.37. The molecule has 88 valence electrons. The fourth-order valence-corrected chi connectivity index (χ4v) is 1.64. The highest BCUT2D eigenvalue weighted by molar-refractivity contribution is 6.31. The molecule has 3 nitrogen and oxygen atoms in total. The van der Waals surface area contributed by atoms with Crippen LogP contribution in [0.3, 0.4) is 0 Å². The number of carbonyl (C=O) groups excluding carboxylic acids is 1. The van der Waals surface area contributed by atoms with Crippen molar-refractivity contribution in [2.45, 2.75) is 25.8 Å². The highest BCUT2D eigenvalue weighted by Crippen LogP contribution is 2.33. The van der Waals surface area contributed by atoms with Gasteiger partial charge in [-0.05, 0) is 13.8 Å². The summed E-state index contributed by atoms with van der Waals surface area (Å²) in [6, 6.07) is 5.24. The summed E-state index contributed by atoms with van der Waals surface area (Å²) >= 11 is 6.00. The van der Waals surface area contributed by atoms with Gasteiger partial charge >= 0.3 is 0 Å². The molecule has 0 heterocycles. The van der Waals surface area contributed by atoms with Crippen LogP contribution in [0.1, 0.15) is 30.4 Å². The van der Waals surface area contributed by atoms with E-state index in [1.807, 2.05) is 6.92 Å². The van der Waals surface area contributed by atoms with Crippen molar-refractivity contribution in [3.63, 3.8) is 0 Å². The van der Waals surface area contributed by atoms with E-state index in [1.54, 1.807) is 18.2 Å². The Bertz CT molecular complexity index is 377. The molecular formula is C12H15ClO3. The summed E-state index contributed by atoms with van der Waals surface area (Å²) in [6.45, 7) is 3.60. The minimum Gasteiger partial charge on any atom is -0.493 e. The molecule has 1 aromatic carbocycles. The molecule has 1 unspecified atom stereocenters. The first-order chi connectivity index (χ1) is 7.61. The van der Waals surface area contributed by atoms with Gasteiger partial charge in [-0.3, -0.25) is 4.79 Å². The zero-order valence-corrected chi connectivity index (χ0v) is 10.1. The second kappa shape index (κ2) is 5.87. The maximum absolute atomic E-state index is 11.3. The molecule has 0 radical (unpaired) electrons. The van der Waals surface area contributed by atoms with Crippen LogP contribution in [0.4, 0.5) is 0 Å². The summed E-state index contributed by atoms with van der Waals surface area (Å²) in [5.74, 6) is 0.375. The van der Waals surface area contributed by atoms with E-state index in [9.17, 15) is 9.90 Å².